The number of nitrogens with zero attached hydrogens (tertiary/aromatic N) is 1. The van der Waals surface area contributed by atoms with Crippen LogP contribution in [0.25, 0.3) is 0 Å². The van der Waals surface area contributed by atoms with E-state index in [1.807, 2.05) is 13.8 Å². The molecule has 0 atom stereocenters. The zero-order chi connectivity index (χ0) is 7.11. The summed E-state index contributed by atoms with van der Waals surface area (Å²) in [4.78, 5) is 4.86. The smallest absolute Gasteiger partial charge is 0.121 e. The van der Waals surface area contributed by atoms with Crippen LogP contribution < -0.4 is 5.73 Å². The Morgan fingerprint density at radius 3 is 2.78 bits per heavy atom. The highest BCUT2D eigenvalue weighted by Gasteiger charge is 1.85. The molecule has 2 N–H and O–H groups in total. The first-order chi connectivity index (χ1) is 4.27. The predicted molar refractivity (Wildman–Crippen MR) is 38.4 cm³/mol. The first kappa shape index (κ1) is 8.43. The molecule has 0 saturated heterocycles. The fourth-order valence-corrected chi connectivity index (χ4v) is 0.292. The maximum absolute atomic E-state index is 5.20. The van der Waals surface area contributed by atoms with E-state index < -0.39 is 0 Å². The summed E-state index contributed by atoms with van der Waals surface area (Å²) in [5.41, 5.74) is 5.20. The molecule has 54 valence electrons. The third kappa shape index (κ3) is 7.43. The zero-order valence-corrected chi connectivity index (χ0v) is 6.00. The van der Waals surface area contributed by atoms with Crippen molar-refractivity contribution in [3.8, 4) is 0 Å². The van der Waals surface area contributed by atoms with Gasteiger partial charge in [-0.1, -0.05) is 5.16 Å². The van der Waals surface area contributed by atoms with E-state index in [1.165, 1.54) is 0 Å². The molecule has 0 aromatic carbocycles. The average molecular weight is 130 g/mol. The van der Waals surface area contributed by atoms with E-state index in [4.69, 9.17) is 10.6 Å². The Hall–Kier alpha value is -0.570. The fourth-order valence-electron chi connectivity index (χ4n) is 0.292. The molecule has 0 aliphatic rings. The van der Waals surface area contributed by atoms with Gasteiger partial charge in [0.15, 0.2) is 0 Å². The Labute approximate surface area is 55.9 Å². The molecule has 0 bridgehead atoms. The Morgan fingerprint density at radius 1 is 1.67 bits per heavy atom. The first-order valence-electron chi connectivity index (χ1n) is 3.15. The minimum atomic E-state index is 0.166. The Balaban J connectivity index is 3.04. The quantitative estimate of drug-likeness (QED) is 0.451. The summed E-state index contributed by atoms with van der Waals surface area (Å²) in [6.07, 6.45) is 2.63. The van der Waals surface area contributed by atoms with Crippen LogP contribution in [-0.4, -0.2) is 18.9 Å². The van der Waals surface area contributed by atoms with E-state index in [2.05, 4.69) is 5.16 Å². The maximum Gasteiger partial charge on any atom is 0.121 e. The van der Waals surface area contributed by atoms with Gasteiger partial charge in [-0.15, -0.1) is 0 Å². The van der Waals surface area contributed by atoms with Gasteiger partial charge in [-0.25, -0.2) is 0 Å². The van der Waals surface area contributed by atoms with Crippen LogP contribution in [0.1, 0.15) is 20.3 Å². The van der Waals surface area contributed by atoms with Crippen LogP contribution in [0, 0.1) is 0 Å². The van der Waals surface area contributed by atoms with Gasteiger partial charge in [-0.05, 0) is 26.8 Å². The Bertz CT molecular complexity index is 81.1. The van der Waals surface area contributed by atoms with Crippen molar-refractivity contribution < 1.29 is 4.84 Å². The van der Waals surface area contributed by atoms with Gasteiger partial charge in [0, 0.05) is 6.21 Å². The van der Waals surface area contributed by atoms with Crippen molar-refractivity contribution in [2.75, 3.05) is 6.54 Å². The number of nitrogens with two attached hydrogens (primary N) is 1. The third-order valence-electron chi connectivity index (χ3n) is 0.642. The summed E-state index contributed by atoms with van der Waals surface area (Å²) in [6, 6.07) is 0. The summed E-state index contributed by atoms with van der Waals surface area (Å²) < 4.78 is 0. The lowest BCUT2D eigenvalue weighted by Gasteiger charge is -1.99. The largest absolute Gasteiger partial charge is 0.393 e. The SMILES string of the molecule is CC(C)ON=CCCN. The molecular weight excluding hydrogens is 116 g/mol. The molecule has 3 heteroatoms. The molecule has 0 aromatic rings. The first-order valence-corrected chi connectivity index (χ1v) is 3.15. The summed E-state index contributed by atoms with van der Waals surface area (Å²) in [5.74, 6) is 0. The normalized spacial score (nSPS) is 11.1. The third-order valence-corrected chi connectivity index (χ3v) is 0.642. The standard InChI is InChI=1S/C6H14N2O/c1-6(2)9-8-5-3-4-7/h5-6H,3-4,7H2,1-2H3. The molecule has 0 spiro atoms. The van der Waals surface area contributed by atoms with E-state index in [0.29, 0.717) is 6.54 Å². The van der Waals surface area contributed by atoms with Crippen LogP contribution in [0.3, 0.4) is 0 Å². The lowest BCUT2D eigenvalue weighted by Crippen LogP contribution is -2.00. The van der Waals surface area contributed by atoms with E-state index in [1.54, 1.807) is 6.21 Å². The second kappa shape index (κ2) is 5.56. The average Bonchev–Trinajstić information content (AvgIpc) is 1.80. The van der Waals surface area contributed by atoms with E-state index in [9.17, 15) is 0 Å². The number of hydrogen-bond donors (Lipinski definition) is 1. The van der Waals surface area contributed by atoms with Crippen LogP contribution in [-0.2, 0) is 4.84 Å². The Morgan fingerprint density at radius 2 is 2.33 bits per heavy atom. The van der Waals surface area contributed by atoms with Gasteiger partial charge in [0.25, 0.3) is 0 Å². The van der Waals surface area contributed by atoms with Crippen LogP contribution in [0.5, 0.6) is 0 Å². The van der Waals surface area contributed by atoms with Crippen LogP contribution in [0.15, 0.2) is 5.16 Å². The van der Waals surface area contributed by atoms with Crippen molar-refractivity contribution in [2.24, 2.45) is 10.9 Å². The highest BCUT2D eigenvalue weighted by molar-refractivity contribution is 5.56. The van der Waals surface area contributed by atoms with E-state index >= 15 is 0 Å². The summed E-state index contributed by atoms with van der Waals surface area (Å²) in [5, 5.41) is 3.66. The van der Waals surface area contributed by atoms with Crippen molar-refractivity contribution in [1.29, 1.82) is 0 Å². The highest BCUT2D eigenvalue weighted by atomic mass is 16.6. The van der Waals surface area contributed by atoms with Gasteiger partial charge < -0.3 is 10.6 Å². The minimum absolute atomic E-state index is 0.166. The van der Waals surface area contributed by atoms with Crippen molar-refractivity contribution >= 4 is 6.21 Å². The molecule has 0 aliphatic carbocycles. The molecule has 0 fully saturated rings. The molecule has 0 radical (unpaired) electrons. The number of oxime groups is 1. The van der Waals surface area contributed by atoms with Gasteiger partial charge in [-0.2, -0.15) is 0 Å². The Kier molecular flexibility index (Phi) is 5.21. The molecule has 0 heterocycles. The molecular formula is C6H14N2O. The van der Waals surface area contributed by atoms with Gasteiger partial charge in [0.1, 0.15) is 6.10 Å². The fraction of sp³-hybridized carbons (Fsp3) is 0.833. The van der Waals surface area contributed by atoms with Gasteiger partial charge >= 0.3 is 0 Å². The van der Waals surface area contributed by atoms with Crippen molar-refractivity contribution in [3.63, 3.8) is 0 Å². The lowest BCUT2D eigenvalue weighted by atomic mass is 10.5. The summed E-state index contributed by atoms with van der Waals surface area (Å²) in [6.45, 7) is 4.49. The second-order valence-corrected chi connectivity index (χ2v) is 2.02. The molecule has 0 aromatic heterocycles. The van der Waals surface area contributed by atoms with Gasteiger partial charge in [0.2, 0.25) is 0 Å². The van der Waals surface area contributed by atoms with Crippen LogP contribution in [0.2, 0.25) is 0 Å². The van der Waals surface area contributed by atoms with Crippen molar-refractivity contribution in [3.05, 3.63) is 0 Å². The molecule has 0 amide bonds. The van der Waals surface area contributed by atoms with Crippen LogP contribution in [0.4, 0.5) is 0 Å². The number of rotatable bonds is 4. The van der Waals surface area contributed by atoms with Crippen molar-refractivity contribution in [1.82, 2.24) is 0 Å². The second-order valence-electron chi connectivity index (χ2n) is 2.02. The number of hydrogen-bond acceptors (Lipinski definition) is 3. The molecule has 0 aliphatic heterocycles. The van der Waals surface area contributed by atoms with E-state index in [0.717, 1.165) is 6.42 Å². The topological polar surface area (TPSA) is 47.6 Å². The highest BCUT2D eigenvalue weighted by Crippen LogP contribution is 1.86. The minimum Gasteiger partial charge on any atom is -0.393 e. The predicted octanol–water partition coefficient (Wildman–Crippen LogP) is 0.746. The molecule has 0 unspecified atom stereocenters. The molecule has 0 saturated carbocycles. The summed E-state index contributed by atoms with van der Waals surface area (Å²) in [7, 11) is 0. The van der Waals surface area contributed by atoms with Crippen LogP contribution >= 0.6 is 0 Å². The molecule has 0 rings (SSSR count). The van der Waals surface area contributed by atoms with Crippen molar-refractivity contribution in [2.45, 2.75) is 26.4 Å². The van der Waals surface area contributed by atoms with Gasteiger partial charge in [-0.3, -0.25) is 0 Å². The van der Waals surface area contributed by atoms with Gasteiger partial charge in [0.05, 0.1) is 0 Å². The zero-order valence-electron chi connectivity index (χ0n) is 6.00. The molecule has 9 heavy (non-hydrogen) atoms. The summed E-state index contributed by atoms with van der Waals surface area (Å²) >= 11 is 0. The lowest BCUT2D eigenvalue weighted by molar-refractivity contribution is 0.0868. The van der Waals surface area contributed by atoms with E-state index in [-0.39, 0.29) is 6.10 Å². The maximum atomic E-state index is 5.20. The molecule has 3 nitrogen and oxygen atoms in total. The monoisotopic (exact) mass is 130 g/mol.